The van der Waals surface area contributed by atoms with E-state index in [9.17, 15) is 23.7 Å². The summed E-state index contributed by atoms with van der Waals surface area (Å²) in [6.45, 7) is 1.58. The van der Waals surface area contributed by atoms with Crippen molar-refractivity contribution in [2.75, 3.05) is 12.9 Å². The maximum absolute atomic E-state index is 13.8. The van der Waals surface area contributed by atoms with Crippen LogP contribution >= 0.6 is 11.6 Å². The van der Waals surface area contributed by atoms with Gasteiger partial charge in [0, 0.05) is 25.0 Å². The van der Waals surface area contributed by atoms with Gasteiger partial charge in [-0.3, -0.25) is 14.9 Å². The zero-order chi connectivity index (χ0) is 14.7. The lowest BCUT2D eigenvalue weighted by molar-refractivity contribution is -0.387. The molecule has 0 N–H and O–H groups in total. The van der Waals surface area contributed by atoms with E-state index >= 15 is 0 Å². The van der Waals surface area contributed by atoms with Crippen LogP contribution < -0.4 is 0 Å². The van der Waals surface area contributed by atoms with E-state index in [2.05, 4.69) is 0 Å². The topological polar surface area (TPSA) is 63.5 Å². The smallest absolute Gasteiger partial charge is 0.305 e. The van der Waals surface area contributed by atoms with Gasteiger partial charge in [0.15, 0.2) is 0 Å². The third-order valence-electron chi connectivity index (χ3n) is 2.69. The van der Waals surface area contributed by atoms with E-state index in [0.717, 1.165) is 4.90 Å². The molecule has 1 aromatic carbocycles. The van der Waals surface area contributed by atoms with Crippen molar-refractivity contribution in [2.24, 2.45) is 0 Å². The molecule has 0 aliphatic heterocycles. The monoisotopic (exact) mass is 292 g/mol. The van der Waals surface area contributed by atoms with Crippen LogP contribution in [-0.4, -0.2) is 34.7 Å². The number of carbonyl (C=O) groups excluding carboxylic acids is 1. The Morgan fingerprint density at radius 1 is 1.53 bits per heavy atom. The summed E-state index contributed by atoms with van der Waals surface area (Å²) in [7, 11) is 1.31. The summed E-state index contributed by atoms with van der Waals surface area (Å²) in [5, 5.41) is 10.6. The van der Waals surface area contributed by atoms with Crippen molar-refractivity contribution in [3.05, 3.63) is 39.4 Å². The van der Waals surface area contributed by atoms with Gasteiger partial charge in [-0.1, -0.05) is 0 Å². The van der Waals surface area contributed by atoms with Crippen LogP contribution in [0, 0.1) is 21.7 Å². The fourth-order valence-corrected chi connectivity index (χ4v) is 1.57. The SMILES string of the molecule is CC(CCl)N(C)C(=O)c1c(F)ccc([N+](=O)[O-])c1F. The molecule has 0 aromatic heterocycles. The van der Waals surface area contributed by atoms with Crippen LogP contribution in [0.15, 0.2) is 12.1 Å². The molecule has 0 bridgehead atoms. The highest BCUT2D eigenvalue weighted by Gasteiger charge is 2.29. The fraction of sp³-hybridized carbons (Fsp3) is 0.364. The van der Waals surface area contributed by atoms with Gasteiger partial charge >= 0.3 is 5.69 Å². The highest BCUT2D eigenvalue weighted by atomic mass is 35.5. The summed E-state index contributed by atoms with van der Waals surface area (Å²) in [5.41, 5.74) is -1.90. The van der Waals surface area contributed by atoms with E-state index in [1.807, 2.05) is 0 Å². The Labute approximate surface area is 112 Å². The number of alkyl halides is 1. The van der Waals surface area contributed by atoms with Gasteiger partial charge in [0.1, 0.15) is 11.4 Å². The molecule has 1 atom stereocenters. The molecule has 1 amide bonds. The van der Waals surface area contributed by atoms with Gasteiger partial charge in [-0.2, -0.15) is 4.39 Å². The first-order chi connectivity index (χ1) is 8.81. The lowest BCUT2D eigenvalue weighted by Gasteiger charge is -2.23. The van der Waals surface area contributed by atoms with Gasteiger partial charge in [-0.25, -0.2) is 4.39 Å². The summed E-state index contributed by atoms with van der Waals surface area (Å²) in [6, 6.07) is 0.896. The first-order valence-electron chi connectivity index (χ1n) is 5.26. The van der Waals surface area contributed by atoms with E-state index < -0.39 is 39.8 Å². The van der Waals surface area contributed by atoms with Gasteiger partial charge < -0.3 is 4.90 Å². The van der Waals surface area contributed by atoms with Gasteiger partial charge in [0.2, 0.25) is 5.82 Å². The van der Waals surface area contributed by atoms with Crippen molar-refractivity contribution in [1.29, 1.82) is 0 Å². The van der Waals surface area contributed by atoms with E-state index in [0.29, 0.717) is 12.1 Å². The highest BCUT2D eigenvalue weighted by molar-refractivity contribution is 6.18. The molecule has 0 heterocycles. The quantitative estimate of drug-likeness (QED) is 0.487. The molecule has 0 fully saturated rings. The average molecular weight is 293 g/mol. The number of halogens is 3. The summed E-state index contributed by atoms with van der Waals surface area (Å²) >= 11 is 5.55. The second kappa shape index (κ2) is 5.92. The van der Waals surface area contributed by atoms with Crippen molar-refractivity contribution in [2.45, 2.75) is 13.0 Å². The standard InChI is InChI=1S/C11H11ClF2N2O3/c1-6(5-12)15(2)11(17)9-7(13)3-4-8(10(9)14)16(18)19/h3-4,6H,5H2,1-2H3. The van der Waals surface area contributed by atoms with E-state index in [1.165, 1.54) is 7.05 Å². The predicted molar refractivity (Wildman–Crippen MR) is 65.3 cm³/mol. The Hall–Kier alpha value is -1.76. The molecule has 0 aliphatic rings. The van der Waals surface area contributed by atoms with E-state index in [4.69, 9.17) is 11.6 Å². The zero-order valence-electron chi connectivity index (χ0n) is 10.2. The molecule has 0 radical (unpaired) electrons. The first kappa shape index (κ1) is 15.3. The van der Waals surface area contributed by atoms with Gasteiger partial charge in [-0.05, 0) is 13.0 Å². The van der Waals surface area contributed by atoms with Crippen molar-refractivity contribution >= 4 is 23.2 Å². The second-order valence-electron chi connectivity index (χ2n) is 3.93. The van der Waals surface area contributed by atoms with Crippen LogP contribution in [0.3, 0.4) is 0 Å². The number of benzene rings is 1. The van der Waals surface area contributed by atoms with Crippen LogP contribution in [0.5, 0.6) is 0 Å². The number of carbonyl (C=O) groups is 1. The molecule has 1 aromatic rings. The third-order valence-corrected chi connectivity index (χ3v) is 3.13. The molecule has 104 valence electrons. The molecular weight excluding hydrogens is 282 g/mol. The number of nitro benzene ring substituents is 1. The first-order valence-corrected chi connectivity index (χ1v) is 5.80. The molecule has 0 aliphatic carbocycles. The van der Waals surface area contributed by atoms with Crippen LogP contribution in [0.4, 0.5) is 14.5 Å². The molecule has 5 nitrogen and oxygen atoms in total. The third kappa shape index (κ3) is 2.98. The van der Waals surface area contributed by atoms with Crippen molar-refractivity contribution in [3.8, 4) is 0 Å². The Morgan fingerprint density at radius 2 is 2.11 bits per heavy atom. The summed E-state index contributed by atoms with van der Waals surface area (Å²) in [5.74, 6) is -3.56. The fourth-order valence-electron chi connectivity index (χ4n) is 1.36. The molecule has 19 heavy (non-hydrogen) atoms. The minimum atomic E-state index is -1.48. The Morgan fingerprint density at radius 3 is 2.58 bits per heavy atom. The van der Waals surface area contributed by atoms with Crippen molar-refractivity contribution in [1.82, 2.24) is 4.90 Å². The Balaban J connectivity index is 3.30. The number of amides is 1. The minimum absolute atomic E-state index is 0.0698. The van der Waals surface area contributed by atoms with Crippen LogP contribution in [0.25, 0.3) is 0 Å². The minimum Gasteiger partial charge on any atom is -0.338 e. The molecule has 8 heteroatoms. The van der Waals surface area contributed by atoms with Crippen LogP contribution in [0.1, 0.15) is 17.3 Å². The molecule has 0 saturated heterocycles. The maximum atomic E-state index is 13.8. The normalized spacial score (nSPS) is 12.1. The van der Waals surface area contributed by atoms with Gasteiger partial charge in [-0.15, -0.1) is 11.6 Å². The summed E-state index contributed by atoms with van der Waals surface area (Å²) < 4.78 is 27.3. The summed E-state index contributed by atoms with van der Waals surface area (Å²) in [4.78, 5) is 22.5. The van der Waals surface area contributed by atoms with Gasteiger partial charge in [0.25, 0.3) is 5.91 Å². The van der Waals surface area contributed by atoms with Crippen molar-refractivity contribution < 1.29 is 18.5 Å². The van der Waals surface area contributed by atoms with Gasteiger partial charge in [0.05, 0.1) is 4.92 Å². The molecule has 1 rings (SSSR count). The molecular formula is C11H11ClF2N2O3. The molecule has 0 spiro atoms. The largest absolute Gasteiger partial charge is 0.338 e. The number of nitro groups is 1. The highest BCUT2D eigenvalue weighted by Crippen LogP contribution is 2.24. The van der Waals surface area contributed by atoms with Crippen LogP contribution in [0.2, 0.25) is 0 Å². The summed E-state index contributed by atoms with van der Waals surface area (Å²) in [6.07, 6.45) is 0. The average Bonchev–Trinajstić information content (AvgIpc) is 2.36. The van der Waals surface area contributed by atoms with E-state index in [1.54, 1.807) is 6.92 Å². The predicted octanol–water partition coefficient (Wildman–Crippen LogP) is 2.57. The lowest BCUT2D eigenvalue weighted by Crippen LogP contribution is -2.37. The lowest BCUT2D eigenvalue weighted by atomic mass is 10.1. The number of nitrogens with zero attached hydrogens (tertiary/aromatic N) is 2. The number of rotatable bonds is 4. The molecule has 1 unspecified atom stereocenters. The Bertz CT molecular complexity index is 525. The number of hydrogen-bond donors (Lipinski definition) is 0. The van der Waals surface area contributed by atoms with Crippen LogP contribution in [-0.2, 0) is 0 Å². The molecule has 0 saturated carbocycles. The maximum Gasteiger partial charge on any atom is 0.305 e. The van der Waals surface area contributed by atoms with Crippen molar-refractivity contribution in [3.63, 3.8) is 0 Å². The number of hydrogen-bond acceptors (Lipinski definition) is 3. The second-order valence-corrected chi connectivity index (χ2v) is 4.24. The zero-order valence-corrected chi connectivity index (χ0v) is 10.9. The Kier molecular flexibility index (Phi) is 4.77. The van der Waals surface area contributed by atoms with E-state index in [-0.39, 0.29) is 5.88 Å².